The number of carboxylic acids is 1. The Labute approximate surface area is 107 Å². The molecule has 0 saturated heterocycles. The van der Waals surface area contributed by atoms with Gasteiger partial charge >= 0.3 is 5.97 Å². The largest absolute Gasteiger partial charge is 0.478 e. The summed E-state index contributed by atoms with van der Waals surface area (Å²) in [6.45, 7) is 0. The molecule has 2 aromatic rings. The first-order valence-corrected chi connectivity index (χ1v) is 5.72. The minimum atomic E-state index is -1.02. The third-order valence-corrected chi connectivity index (χ3v) is 2.78. The van der Waals surface area contributed by atoms with Crippen molar-refractivity contribution in [3.05, 3.63) is 58.6 Å². The number of hydrogen-bond acceptors (Lipinski definition) is 2. The average molecular weight is 293 g/mol. The molecule has 0 heterocycles. The molecule has 0 atom stereocenters. The molecule has 0 amide bonds. The van der Waals surface area contributed by atoms with Gasteiger partial charge in [0.05, 0.1) is 4.47 Å². The van der Waals surface area contributed by atoms with E-state index in [1.54, 1.807) is 24.3 Å². The van der Waals surface area contributed by atoms with Crippen LogP contribution in [-0.4, -0.2) is 11.1 Å². The maximum Gasteiger partial charge on any atom is 0.339 e. The van der Waals surface area contributed by atoms with Crippen LogP contribution in [0.15, 0.2) is 53.0 Å². The van der Waals surface area contributed by atoms with Crippen molar-refractivity contribution >= 4 is 21.9 Å². The monoisotopic (exact) mass is 292 g/mol. The molecule has 0 spiro atoms. The molecule has 17 heavy (non-hydrogen) atoms. The number of halogens is 1. The normalized spacial score (nSPS) is 9.94. The van der Waals surface area contributed by atoms with E-state index < -0.39 is 5.97 Å². The van der Waals surface area contributed by atoms with Crippen molar-refractivity contribution in [3.8, 4) is 11.5 Å². The number of aromatic carboxylic acids is 1. The van der Waals surface area contributed by atoms with Gasteiger partial charge < -0.3 is 9.84 Å². The molecule has 1 N–H and O–H groups in total. The van der Waals surface area contributed by atoms with E-state index in [-0.39, 0.29) is 5.56 Å². The van der Waals surface area contributed by atoms with Crippen molar-refractivity contribution in [3.63, 3.8) is 0 Å². The van der Waals surface area contributed by atoms with Crippen molar-refractivity contribution in [2.45, 2.75) is 0 Å². The fourth-order valence-corrected chi connectivity index (χ4v) is 1.83. The molecule has 0 aromatic heterocycles. The van der Waals surface area contributed by atoms with Crippen LogP contribution in [0, 0.1) is 0 Å². The minimum Gasteiger partial charge on any atom is -0.478 e. The molecule has 0 bridgehead atoms. The van der Waals surface area contributed by atoms with Crippen LogP contribution in [0.1, 0.15) is 10.4 Å². The minimum absolute atomic E-state index is 0.128. The summed E-state index contributed by atoms with van der Waals surface area (Å²) >= 11 is 3.28. The van der Waals surface area contributed by atoms with Gasteiger partial charge in [0.2, 0.25) is 0 Å². The van der Waals surface area contributed by atoms with E-state index in [1.165, 1.54) is 6.07 Å². The van der Waals surface area contributed by atoms with Gasteiger partial charge in [0.1, 0.15) is 11.3 Å². The van der Waals surface area contributed by atoms with E-state index >= 15 is 0 Å². The Bertz CT molecular complexity index is 538. The van der Waals surface area contributed by atoms with Gasteiger partial charge in [-0.15, -0.1) is 0 Å². The average Bonchev–Trinajstić information content (AvgIpc) is 2.33. The SMILES string of the molecule is O=C(O)c1cccc(Br)c1Oc1ccccc1. The van der Waals surface area contributed by atoms with Crippen molar-refractivity contribution in [1.82, 2.24) is 0 Å². The van der Waals surface area contributed by atoms with E-state index in [0.29, 0.717) is 16.0 Å². The second-order valence-corrected chi connectivity index (χ2v) is 4.19. The molecule has 0 aliphatic carbocycles. The van der Waals surface area contributed by atoms with E-state index in [2.05, 4.69) is 15.9 Å². The number of benzene rings is 2. The molecule has 86 valence electrons. The fraction of sp³-hybridized carbons (Fsp3) is 0. The maximum atomic E-state index is 11.1. The number of ether oxygens (including phenoxy) is 1. The van der Waals surface area contributed by atoms with E-state index in [4.69, 9.17) is 9.84 Å². The molecule has 0 aliphatic rings. The Morgan fingerprint density at radius 3 is 2.41 bits per heavy atom. The molecule has 4 heteroatoms. The predicted octanol–water partition coefficient (Wildman–Crippen LogP) is 3.94. The van der Waals surface area contributed by atoms with Gasteiger partial charge in [0.25, 0.3) is 0 Å². The van der Waals surface area contributed by atoms with Crippen molar-refractivity contribution in [2.75, 3.05) is 0 Å². The van der Waals surface area contributed by atoms with Gasteiger partial charge in [-0.2, -0.15) is 0 Å². The number of hydrogen-bond donors (Lipinski definition) is 1. The first-order valence-electron chi connectivity index (χ1n) is 4.93. The Hall–Kier alpha value is -1.81. The maximum absolute atomic E-state index is 11.1. The third-order valence-electron chi connectivity index (χ3n) is 2.16. The molecule has 2 aromatic carbocycles. The molecular weight excluding hydrogens is 284 g/mol. The van der Waals surface area contributed by atoms with Gasteiger partial charge in [-0.05, 0) is 40.2 Å². The van der Waals surface area contributed by atoms with Crippen LogP contribution in [0.2, 0.25) is 0 Å². The lowest BCUT2D eigenvalue weighted by molar-refractivity contribution is 0.0694. The van der Waals surface area contributed by atoms with Crippen molar-refractivity contribution < 1.29 is 14.6 Å². The summed E-state index contributed by atoms with van der Waals surface area (Å²) in [6, 6.07) is 14.0. The van der Waals surface area contributed by atoms with Gasteiger partial charge in [-0.25, -0.2) is 4.79 Å². The van der Waals surface area contributed by atoms with E-state index in [1.807, 2.05) is 18.2 Å². The molecule has 0 aliphatic heterocycles. The fourth-order valence-electron chi connectivity index (χ4n) is 1.39. The predicted molar refractivity (Wildman–Crippen MR) is 67.6 cm³/mol. The molecule has 2 rings (SSSR count). The number of rotatable bonds is 3. The summed E-state index contributed by atoms with van der Waals surface area (Å²) in [5, 5.41) is 9.07. The van der Waals surface area contributed by atoms with Gasteiger partial charge in [0, 0.05) is 0 Å². The van der Waals surface area contributed by atoms with E-state index in [9.17, 15) is 4.79 Å². The highest BCUT2D eigenvalue weighted by Gasteiger charge is 2.14. The second kappa shape index (κ2) is 5.01. The van der Waals surface area contributed by atoms with Gasteiger partial charge in [-0.1, -0.05) is 24.3 Å². The standard InChI is InChI=1S/C13H9BrO3/c14-11-8-4-7-10(13(15)16)12(11)17-9-5-2-1-3-6-9/h1-8H,(H,15,16). The van der Waals surface area contributed by atoms with E-state index in [0.717, 1.165) is 0 Å². The van der Waals surface area contributed by atoms with Crippen LogP contribution in [0.4, 0.5) is 0 Å². The summed E-state index contributed by atoms with van der Waals surface area (Å²) in [4.78, 5) is 11.1. The quantitative estimate of drug-likeness (QED) is 0.932. The Kier molecular flexibility index (Phi) is 3.44. The van der Waals surface area contributed by atoms with Crippen molar-refractivity contribution in [1.29, 1.82) is 0 Å². The topological polar surface area (TPSA) is 46.5 Å². The highest BCUT2D eigenvalue weighted by Crippen LogP contribution is 2.33. The smallest absolute Gasteiger partial charge is 0.339 e. The van der Waals surface area contributed by atoms with Crippen LogP contribution < -0.4 is 4.74 Å². The van der Waals surface area contributed by atoms with Crippen LogP contribution >= 0.6 is 15.9 Å². The first kappa shape index (κ1) is 11.7. The van der Waals surface area contributed by atoms with Crippen molar-refractivity contribution in [2.24, 2.45) is 0 Å². The van der Waals surface area contributed by atoms with Crippen LogP contribution in [-0.2, 0) is 0 Å². The molecule has 3 nitrogen and oxygen atoms in total. The zero-order chi connectivity index (χ0) is 12.3. The molecule has 0 radical (unpaired) electrons. The Morgan fingerprint density at radius 2 is 1.76 bits per heavy atom. The van der Waals surface area contributed by atoms with Gasteiger partial charge in [-0.3, -0.25) is 0 Å². The lowest BCUT2D eigenvalue weighted by Gasteiger charge is -2.10. The lowest BCUT2D eigenvalue weighted by atomic mass is 10.2. The summed E-state index contributed by atoms with van der Waals surface area (Å²) in [5.41, 5.74) is 0.128. The summed E-state index contributed by atoms with van der Waals surface area (Å²) in [5.74, 6) is -0.106. The molecule has 0 unspecified atom stereocenters. The zero-order valence-corrected chi connectivity index (χ0v) is 10.3. The van der Waals surface area contributed by atoms with Crippen LogP contribution in [0.5, 0.6) is 11.5 Å². The lowest BCUT2D eigenvalue weighted by Crippen LogP contribution is -2.00. The Balaban J connectivity index is 2.41. The summed E-state index contributed by atoms with van der Waals surface area (Å²) < 4.78 is 6.19. The highest BCUT2D eigenvalue weighted by molar-refractivity contribution is 9.10. The van der Waals surface area contributed by atoms with Crippen LogP contribution in [0.3, 0.4) is 0 Å². The number of para-hydroxylation sites is 2. The zero-order valence-electron chi connectivity index (χ0n) is 8.76. The number of carbonyl (C=O) groups is 1. The third kappa shape index (κ3) is 2.65. The molecule has 0 saturated carbocycles. The first-order chi connectivity index (χ1) is 8.18. The second-order valence-electron chi connectivity index (χ2n) is 3.34. The summed E-state index contributed by atoms with van der Waals surface area (Å²) in [6.07, 6.45) is 0. The number of carboxylic acid groups (broad SMARTS) is 1. The highest BCUT2D eigenvalue weighted by atomic mass is 79.9. The summed E-state index contributed by atoms with van der Waals surface area (Å²) in [7, 11) is 0. The van der Waals surface area contributed by atoms with Crippen LogP contribution in [0.25, 0.3) is 0 Å². The molecule has 0 fully saturated rings. The Morgan fingerprint density at radius 1 is 1.06 bits per heavy atom. The molecular formula is C13H9BrO3. The van der Waals surface area contributed by atoms with Gasteiger partial charge in [0.15, 0.2) is 5.75 Å².